The zero-order valence-corrected chi connectivity index (χ0v) is 15.1. The molecule has 0 aliphatic carbocycles. The smallest absolute Gasteiger partial charge is 0.224 e. The minimum absolute atomic E-state index is 0.0878. The van der Waals surface area contributed by atoms with Gasteiger partial charge in [-0.1, -0.05) is 29.3 Å². The number of rotatable bonds is 7. The summed E-state index contributed by atoms with van der Waals surface area (Å²) < 4.78 is 5.55. The quantitative estimate of drug-likeness (QED) is 0.743. The summed E-state index contributed by atoms with van der Waals surface area (Å²) in [7, 11) is 3.82. The van der Waals surface area contributed by atoms with Crippen LogP contribution in [0.3, 0.4) is 0 Å². The van der Waals surface area contributed by atoms with Crippen molar-refractivity contribution >= 4 is 40.6 Å². The Morgan fingerprint density at radius 1 is 1.25 bits per heavy atom. The van der Waals surface area contributed by atoms with E-state index in [9.17, 15) is 4.79 Å². The molecule has 0 aliphatic heterocycles. The second kappa shape index (κ2) is 8.76. The number of pyridine rings is 1. The largest absolute Gasteiger partial charge is 0.492 e. The van der Waals surface area contributed by atoms with Gasteiger partial charge in [0.15, 0.2) is 0 Å². The highest BCUT2D eigenvalue weighted by molar-refractivity contribution is 6.42. The third-order valence-corrected chi connectivity index (χ3v) is 4.01. The minimum atomic E-state index is -0.0878. The molecule has 0 spiro atoms. The number of carbonyl (C=O) groups excluding carboxylic acids is 1. The third kappa shape index (κ3) is 5.28. The number of benzene rings is 1. The van der Waals surface area contributed by atoms with Crippen molar-refractivity contribution in [3.63, 3.8) is 0 Å². The number of anilines is 2. The lowest BCUT2D eigenvalue weighted by molar-refractivity contribution is -0.116. The molecule has 1 heterocycles. The van der Waals surface area contributed by atoms with Crippen LogP contribution in [0.15, 0.2) is 36.5 Å². The topological polar surface area (TPSA) is 54.5 Å². The Bertz CT molecular complexity index is 691. The maximum Gasteiger partial charge on any atom is 0.224 e. The molecule has 128 valence electrons. The van der Waals surface area contributed by atoms with Gasteiger partial charge < -0.3 is 15.0 Å². The number of carbonyl (C=O) groups is 1. The Kier molecular flexibility index (Phi) is 6.70. The molecule has 0 fully saturated rings. The molecule has 0 saturated heterocycles. The number of hydrogen-bond donors (Lipinski definition) is 1. The first-order chi connectivity index (χ1) is 11.5. The van der Waals surface area contributed by atoms with Crippen LogP contribution in [0.4, 0.5) is 11.5 Å². The van der Waals surface area contributed by atoms with Crippen LogP contribution in [-0.4, -0.2) is 31.6 Å². The Labute approximate surface area is 151 Å². The highest BCUT2D eigenvalue weighted by atomic mass is 35.5. The van der Waals surface area contributed by atoms with E-state index >= 15 is 0 Å². The van der Waals surface area contributed by atoms with Gasteiger partial charge in [-0.2, -0.15) is 0 Å². The van der Waals surface area contributed by atoms with E-state index in [4.69, 9.17) is 27.9 Å². The molecular formula is C17H19Cl2N3O2. The average molecular weight is 368 g/mol. The first-order valence-corrected chi connectivity index (χ1v) is 8.23. The van der Waals surface area contributed by atoms with E-state index in [0.29, 0.717) is 40.9 Å². The van der Waals surface area contributed by atoms with Gasteiger partial charge in [-0.15, -0.1) is 0 Å². The van der Waals surface area contributed by atoms with Crippen LogP contribution in [0, 0.1) is 0 Å². The number of nitrogens with zero attached hydrogens (tertiary/aromatic N) is 2. The predicted molar refractivity (Wildman–Crippen MR) is 98.4 cm³/mol. The van der Waals surface area contributed by atoms with Crippen molar-refractivity contribution in [2.45, 2.75) is 12.8 Å². The molecule has 1 aromatic carbocycles. The van der Waals surface area contributed by atoms with E-state index in [2.05, 4.69) is 10.3 Å². The standard InChI is InChI=1S/C17H19Cl2N3O2/c1-22(2)15-9-8-12(11-20-15)21-16(23)7-4-10-24-14-6-3-5-13(18)17(14)19/h3,5-6,8-9,11H,4,7,10H2,1-2H3,(H,21,23). The zero-order valence-electron chi connectivity index (χ0n) is 13.6. The van der Waals surface area contributed by atoms with E-state index in [0.717, 1.165) is 5.82 Å². The third-order valence-electron chi connectivity index (χ3n) is 3.21. The molecule has 2 rings (SSSR count). The van der Waals surface area contributed by atoms with E-state index < -0.39 is 0 Å². The fraction of sp³-hybridized carbons (Fsp3) is 0.294. The number of aromatic nitrogens is 1. The van der Waals surface area contributed by atoms with Crippen molar-refractivity contribution in [1.82, 2.24) is 4.98 Å². The summed E-state index contributed by atoms with van der Waals surface area (Å²) in [6, 6.07) is 8.87. The lowest BCUT2D eigenvalue weighted by atomic mass is 10.3. The summed E-state index contributed by atoms with van der Waals surface area (Å²) in [5.41, 5.74) is 0.671. The summed E-state index contributed by atoms with van der Waals surface area (Å²) in [6.45, 7) is 0.380. The molecular weight excluding hydrogens is 349 g/mol. The monoisotopic (exact) mass is 367 g/mol. The van der Waals surface area contributed by atoms with Crippen molar-refractivity contribution in [1.29, 1.82) is 0 Å². The van der Waals surface area contributed by atoms with Gasteiger partial charge in [0.2, 0.25) is 5.91 Å². The van der Waals surface area contributed by atoms with Crippen molar-refractivity contribution in [3.8, 4) is 5.75 Å². The van der Waals surface area contributed by atoms with Crippen LogP contribution < -0.4 is 15.0 Å². The normalized spacial score (nSPS) is 10.3. The summed E-state index contributed by atoms with van der Waals surface area (Å²) in [4.78, 5) is 18.0. The maximum absolute atomic E-state index is 11.9. The van der Waals surface area contributed by atoms with Gasteiger partial charge >= 0.3 is 0 Å². The fourth-order valence-electron chi connectivity index (χ4n) is 1.96. The van der Waals surface area contributed by atoms with E-state index in [-0.39, 0.29) is 5.91 Å². The molecule has 1 N–H and O–H groups in total. The summed E-state index contributed by atoms with van der Waals surface area (Å²) in [6.07, 6.45) is 2.54. The molecule has 0 atom stereocenters. The molecule has 0 bridgehead atoms. The number of hydrogen-bond acceptors (Lipinski definition) is 4. The SMILES string of the molecule is CN(C)c1ccc(NC(=O)CCCOc2cccc(Cl)c2Cl)cn1. The predicted octanol–water partition coefficient (Wildman–Crippen LogP) is 4.25. The summed E-state index contributed by atoms with van der Waals surface area (Å²) in [5, 5.41) is 3.63. The van der Waals surface area contributed by atoms with Crippen molar-refractivity contribution in [2.75, 3.05) is 30.9 Å². The molecule has 2 aromatic rings. The highest BCUT2D eigenvalue weighted by Crippen LogP contribution is 2.31. The molecule has 0 radical (unpaired) electrons. The van der Waals surface area contributed by atoms with Gasteiger partial charge in [0.05, 0.1) is 23.5 Å². The van der Waals surface area contributed by atoms with Gasteiger partial charge in [0.25, 0.3) is 0 Å². The maximum atomic E-state index is 11.9. The van der Waals surface area contributed by atoms with Gasteiger partial charge in [0.1, 0.15) is 16.6 Å². The van der Waals surface area contributed by atoms with Crippen LogP contribution in [0.5, 0.6) is 5.75 Å². The van der Waals surface area contributed by atoms with Crippen LogP contribution >= 0.6 is 23.2 Å². The number of nitrogens with one attached hydrogen (secondary N) is 1. The molecule has 5 nitrogen and oxygen atoms in total. The van der Waals surface area contributed by atoms with Gasteiger partial charge in [0, 0.05) is 20.5 Å². The Balaban J connectivity index is 1.74. The second-order valence-electron chi connectivity index (χ2n) is 5.35. The fourth-order valence-corrected chi connectivity index (χ4v) is 2.30. The molecule has 24 heavy (non-hydrogen) atoms. The van der Waals surface area contributed by atoms with Crippen molar-refractivity contribution in [2.24, 2.45) is 0 Å². The molecule has 1 amide bonds. The number of ether oxygens (including phenoxy) is 1. The Morgan fingerprint density at radius 3 is 2.71 bits per heavy atom. The van der Waals surface area contributed by atoms with Crippen LogP contribution in [0.2, 0.25) is 10.0 Å². The first-order valence-electron chi connectivity index (χ1n) is 7.47. The van der Waals surface area contributed by atoms with Crippen molar-refractivity contribution < 1.29 is 9.53 Å². The van der Waals surface area contributed by atoms with Gasteiger partial charge in [-0.05, 0) is 30.7 Å². The van der Waals surface area contributed by atoms with Crippen LogP contribution in [-0.2, 0) is 4.79 Å². The number of halogens is 2. The molecule has 0 unspecified atom stereocenters. The minimum Gasteiger partial charge on any atom is -0.492 e. The zero-order chi connectivity index (χ0) is 17.5. The van der Waals surface area contributed by atoms with E-state index in [1.807, 2.05) is 31.1 Å². The number of amides is 1. The Morgan fingerprint density at radius 2 is 2.04 bits per heavy atom. The van der Waals surface area contributed by atoms with E-state index in [1.54, 1.807) is 24.4 Å². The molecule has 7 heteroatoms. The lowest BCUT2D eigenvalue weighted by Gasteiger charge is -2.12. The van der Waals surface area contributed by atoms with Crippen LogP contribution in [0.25, 0.3) is 0 Å². The van der Waals surface area contributed by atoms with Gasteiger partial charge in [-0.3, -0.25) is 4.79 Å². The van der Waals surface area contributed by atoms with Crippen molar-refractivity contribution in [3.05, 3.63) is 46.6 Å². The summed E-state index contributed by atoms with van der Waals surface area (Å²) >= 11 is 11.9. The average Bonchev–Trinajstić information content (AvgIpc) is 2.55. The second-order valence-corrected chi connectivity index (χ2v) is 6.14. The highest BCUT2D eigenvalue weighted by Gasteiger charge is 2.07. The Hall–Kier alpha value is -1.98. The molecule has 1 aromatic heterocycles. The van der Waals surface area contributed by atoms with Gasteiger partial charge in [-0.25, -0.2) is 4.98 Å². The first kappa shape index (κ1) is 18.4. The molecule has 0 aliphatic rings. The van der Waals surface area contributed by atoms with Crippen LogP contribution in [0.1, 0.15) is 12.8 Å². The van der Waals surface area contributed by atoms with E-state index in [1.165, 1.54) is 0 Å². The molecule has 0 saturated carbocycles. The summed E-state index contributed by atoms with van der Waals surface area (Å²) in [5.74, 6) is 1.27. The lowest BCUT2D eigenvalue weighted by Crippen LogP contribution is -2.14.